The van der Waals surface area contributed by atoms with E-state index < -0.39 is 0 Å². The molecule has 10 heteroatoms. The molecule has 0 spiro atoms. The van der Waals surface area contributed by atoms with E-state index in [1.54, 1.807) is 19.1 Å². The van der Waals surface area contributed by atoms with Crippen molar-refractivity contribution in [3.8, 4) is 0 Å². The maximum Gasteiger partial charge on any atom is 0.316 e. The van der Waals surface area contributed by atoms with Crippen LogP contribution in [0.15, 0.2) is 22.5 Å². The number of benzene rings is 1. The molecule has 6 nitrogen and oxygen atoms in total. The number of halogens is 2. The first-order valence-corrected chi connectivity index (χ1v) is 10.4. The number of nitrogens with zero attached hydrogens (tertiary/aromatic N) is 2. The van der Waals surface area contributed by atoms with E-state index in [1.165, 1.54) is 23.1 Å². The van der Waals surface area contributed by atoms with E-state index in [4.69, 9.17) is 27.9 Å². The number of anilines is 1. The predicted molar refractivity (Wildman–Crippen MR) is 105 cm³/mol. The number of amides is 1. The van der Waals surface area contributed by atoms with Crippen LogP contribution < -0.4 is 5.32 Å². The molecule has 1 amide bonds. The summed E-state index contributed by atoms with van der Waals surface area (Å²) < 4.78 is 5.44. The summed E-state index contributed by atoms with van der Waals surface area (Å²) in [7, 11) is 0. The molecule has 0 aliphatic rings. The van der Waals surface area contributed by atoms with Crippen LogP contribution in [0.25, 0.3) is 0 Å². The summed E-state index contributed by atoms with van der Waals surface area (Å²) in [6.45, 7) is 2.10. The molecule has 0 saturated heterocycles. The lowest BCUT2D eigenvalue weighted by atomic mass is 10.1. The van der Waals surface area contributed by atoms with Gasteiger partial charge in [-0.15, -0.1) is 10.2 Å². The van der Waals surface area contributed by atoms with Crippen LogP contribution in [0.2, 0.25) is 10.0 Å². The molecule has 0 fully saturated rings. The number of aryl methyl sites for hydroxylation is 1. The van der Waals surface area contributed by atoms with E-state index >= 15 is 0 Å². The van der Waals surface area contributed by atoms with Crippen LogP contribution in [0.4, 0.5) is 5.13 Å². The van der Waals surface area contributed by atoms with Gasteiger partial charge in [0.2, 0.25) is 11.0 Å². The van der Waals surface area contributed by atoms with Gasteiger partial charge in [0.1, 0.15) is 0 Å². The van der Waals surface area contributed by atoms with Gasteiger partial charge >= 0.3 is 5.97 Å². The first-order chi connectivity index (χ1) is 12.5. The van der Waals surface area contributed by atoms with E-state index in [-0.39, 0.29) is 17.6 Å². The van der Waals surface area contributed by atoms with Crippen LogP contribution in [0, 0.1) is 0 Å². The van der Waals surface area contributed by atoms with E-state index in [1.807, 2.05) is 6.07 Å². The van der Waals surface area contributed by atoms with Crippen molar-refractivity contribution in [1.29, 1.82) is 0 Å². The summed E-state index contributed by atoms with van der Waals surface area (Å²) in [5.74, 6) is -0.274. The molecule has 1 aromatic carbocycles. The lowest BCUT2D eigenvalue weighted by Gasteiger charge is -2.03. The van der Waals surface area contributed by atoms with Gasteiger partial charge in [0.05, 0.1) is 22.4 Å². The smallest absolute Gasteiger partial charge is 0.316 e. The summed E-state index contributed by atoms with van der Waals surface area (Å²) >= 11 is 14.3. The monoisotopic (exact) mass is 433 g/mol. The van der Waals surface area contributed by atoms with E-state index in [0.717, 1.165) is 12.0 Å². The number of aromatic nitrogens is 2. The Morgan fingerprint density at radius 1 is 1.27 bits per heavy atom. The zero-order chi connectivity index (χ0) is 18.9. The van der Waals surface area contributed by atoms with Crippen molar-refractivity contribution in [3.05, 3.63) is 33.8 Å². The van der Waals surface area contributed by atoms with Gasteiger partial charge in [0.15, 0.2) is 4.34 Å². The van der Waals surface area contributed by atoms with Crippen molar-refractivity contribution in [2.75, 3.05) is 17.7 Å². The summed E-state index contributed by atoms with van der Waals surface area (Å²) in [5, 5.41) is 12.0. The number of carbonyl (C=O) groups is 2. The molecule has 0 aliphatic heterocycles. The van der Waals surface area contributed by atoms with E-state index in [9.17, 15) is 9.59 Å². The van der Waals surface area contributed by atoms with Crippen molar-refractivity contribution in [2.45, 2.75) is 30.5 Å². The molecule has 0 unspecified atom stereocenters. The van der Waals surface area contributed by atoms with Gasteiger partial charge in [-0.1, -0.05) is 52.4 Å². The molecular weight excluding hydrogens is 417 g/mol. The fourth-order valence-corrected chi connectivity index (χ4v) is 3.86. The Morgan fingerprint density at radius 3 is 2.81 bits per heavy atom. The van der Waals surface area contributed by atoms with Crippen LogP contribution in [-0.2, 0) is 20.7 Å². The Balaban J connectivity index is 1.72. The molecule has 0 radical (unpaired) electrons. The number of hydrogen-bond donors (Lipinski definition) is 1. The summed E-state index contributed by atoms with van der Waals surface area (Å²) in [6, 6.07) is 5.44. The fourth-order valence-electron chi connectivity index (χ4n) is 1.97. The molecule has 0 aliphatic carbocycles. The number of rotatable bonds is 9. The second-order valence-corrected chi connectivity index (χ2v) is 8.13. The third-order valence-corrected chi connectivity index (χ3v) is 5.81. The lowest BCUT2D eigenvalue weighted by molar-refractivity contribution is -0.139. The number of hydrogen-bond acceptors (Lipinski definition) is 7. The van der Waals surface area contributed by atoms with E-state index in [2.05, 4.69) is 15.5 Å². The van der Waals surface area contributed by atoms with Gasteiger partial charge in [-0.25, -0.2) is 0 Å². The molecule has 1 N–H and O–H groups in total. The van der Waals surface area contributed by atoms with Gasteiger partial charge in [-0.05, 0) is 37.5 Å². The molecular formula is C16H17Cl2N3O3S2. The predicted octanol–water partition coefficient (Wildman–Crippen LogP) is 4.46. The zero-order valence-electron chi connectivity index (χ0n) is 14.0. The SMILES string of the molecule is CCOC(=O)CSc1nnc(NC(=O)CCCc2ccc(Cl)c(Cl)c2)s1. The highest BCUT2D eigenvalue weighted by Gasteiger charge is 2.11. The Kier molecular flexibility index (Phi) is 8.64. The highest BCUT2D eigenvalue weighted by Crippen LogP contribution is 2.26. The minimum atomic E-state index is -0.305. The molecule has 0 saturated carbocycles. The van der Waals surface area contributed by atoms with Crippen LogP contribution in [0.5, 0.6) is 0 Å². The average Bonchev–Trinajstić information content (AvgIpc) is 3.04. The number of esters is 1. The molecule has 0 bridgehead atoms. The van der Waals surface area contributed by atoms with Gasteiger partial charge in [0.25, 0.3) is 0 Å². The number of thioether (sulfide) groups is 1. The second-order valence-electron chi connectivity index (χ2n) is 5.12. The van der Waals surface area contributed by atoms with Gasteiger partial charge in [-0.3, -0.25) is 9.59 Å². The summed E-state index contributed by atoms with van der Waals surface area (Å²) in [6.07, 6.45) is 1.75. The minimum absolute atomic E-state index is 0.136. The second kappa shape index (κ2) is 10.7. The van der Waals surface area contributed by atoms with Gasteiger partial charge in [0, 0.05) is 6.42 Å². The fraction of sp³-hybridized carbons (Fsp3) is 0.375. The molecule has 26 heavy (non-hydrogen) atoms. The average molecular weight is 434 g/mol. The number of ether oxygens (including phenoxy) is 1. The van der Waals surface area contributed by atoms with Crippen LogP contribution >= 0.6 is 46.3 Å². The Labute approximate surface area is 169 Å². The zero-order valence-corrected chi connectivity index (χ0v) is 17.1. The maximum absolute atomic E-state index is 12.0. The topological polar surface area (TPSA) is 81.2 Å². The number of nitrogens with one attached hydrogen (secondary N) is 1. The van der Waals surface area contributed by atoms with Crippen molar-refractivity contribution < 1.29 is 14.3 Å². The van der Waals surface area contributed by atoms with Crippen LogP contribution in [0.1, 0.15) is 25.3 Å². The molecule has 1 aromatic heterocycles. The third-order valence-electron chi connectivity index (χ3n) is 3.12. The van der Waals surface area contributed by atoms with Crippen LogP contribution in [0.3, 0.4) is 0 Å². The summed E-state index contributed by atoms with van der Waals surface area (Å²) in [4.78, 5) is 23.3. The molecule has 2 rings (SSSR count). The molecule has 2 aromatic rings. The minimum Gasteiger partial charge on any atom is -0.465 e. The number of carbonyl (C=O) groups excluding carboxylic acids is 2. The maximum atomic E-state index is 12.0. The molecule has 140 valence electrons. The van der Waals surface area contributed by atoms with E-state index in [0.29, 0.717) is 39.0 Å². The first-order valence-electron chi connectivity index (χ1n) is 7.83. The molecule has 1 heterocycles. The lowest BCUT2D eigenvalue weighted by Crippen LogP contribution is -2.11. The first kappa shape index (κ1) is 21.0. The molecule has 0 atom stereocenters. The highest BCUT2D eigenvalue weighted by atomic mass is 35.5. The Hall–Kier alpha value is -1.35. The third kappa shape index (κ3) is 7.11. The standard InChI is InChI=1S/C16H17Cl2N3O3S2/c1-2-24-14(23)9-25-16-21-20-15(26-16)19-13(22)5-3-4-10-6-7-11(17)12(18)8-10/h6-8H,2-5,9H2,1H3,(H,19,20,22). The van der Waals surface area contributed by atoms with Crippen molar-refractivity contribution >= 4 is 63.3 Å². The Morgan fingerprint density at radius 2 is 2.08 bits per heavy atom. The van der Waals surface area contributed by atoms with Crippen molar-refractivity contribution in [1.82, 2.24) is 10.2 Å². The van der Waals surface area contributed by atoms with Gasteiger partial charge in [-0.2, -0.15) is 0 Å². The van der Waals surface area contributed by atoms with Crippen molar-refractivity contribution in [3.63, 3.8) is 0 Å². The van der Waals surface area contributed by atoms with Gasteiger partial charge < -0.3 is 10.1 Å². The normalized spacial score (nSPS) is 10.6. The van der Waals surface area contributed by atoms with Crippen molar-refractivity contribution in [2.24, 2.45) is 0 Å². The summed E-state index contributed by atoms with van der Waals surface area (Å²) in [5.41, 5.74) is 1.03. The van der Waals surface area contributed by atoms with Crippen LogP contribution in [-0.4, -0.2) is 34.4 Å². The quantitative estimate of drug-likeness (QED) is 0.357. The largest absolute Gasteiger partial charge is 0.465 e. The highest BCUT2D eigenvalue weighted by molar-refractivity contribution is 8.01. The Bertz CT molecular complexity index is 771.